The van der Waals surface area contributed by atoms with Crippen LogP contribution in [0.4, 0.5) is 0 Å². The highest BCUT2D eigenvalue weighted by molar-refractivity contribution is 6.12. The van der Waals surface area contributed by atoms with Crippen molar-refractivity contribution in [3.63, 3.8) is 0 Å². The van der Waals surface area contributed by atoms with E-state index >= 15 is 0 Å². The summed E-state index contributed by atoms with van der Waals surface area (Å²) in [6.45, 7) is 3.16. The van der Waals surface area contributed by atoms with Crippen LogP contribution in [0.2, 0.25) is 0 Å². The Kier molecular flexibility index (Phi) is 4.91. The van der Waals surface area contributed by atoms with Crippen LogP contribution < -0.4 is 0 Å². The number of amides is 2. The lowest BCUT2D eigenvalue weighted by molar-refractivity contribution is -0.136. The number of carbonyl (C=O) groups is 3. The smallest absolute Gasteiger partial charge is 0.329 e. The molecule has 2 amide bonds. The van der Waals surface area contributed by atoms with Gasteiger partial charge in [-0.1, -0.05) is 6.58 Å². The van der Waals surface area contributed by atoms with Crippen molar-refractivity contribution >= 4 is 17.8 Å². The predicted molar refractivity (Wildman–Crippen MR) is 49.1 cm³/mol. The summed E-state index contributed by atoms with van der Waals surface area (Å²) in [6.07, 6.45) is 3.62. The van der Waals surface area contributed by atoms with E-state index in [1.54, 1.807) is 0 Å². The van der Waals surface area contributed by atoms with Gasteiger partial charge in [0.05, 0.1) is 7.11 Å². The molecule has 1 aliphatic rings. The number of rotatable bonds is 1. The summed E-state index contributed by atoms with van der Waals surface area (Å²) in [5, 5.41) is 0. The molecule has 76 valence electrons. The molecular formula is C9H11NO4. The van der Waals surface area contributed by atoms with Gasteiger partial charge in [0, 0.05) is 25.3 Å². The van der Waals surface area contributed by atoms with Gasteiger partial charge in [-0.3, -0.25) is 14.5 Å². The highest BCUT2D eigenvalue weighted by atomic mass is 16.5. The number of nitrogens with zero attached hydrogens (tertiary/aromatic N) is 1. The van der Waals surface area contributed by atoms with Crippen LogP contribution in [0.5, 0.6) is 0 Å². The molecule has 0 fully saturated rings. The number of hydrogen-bond acceptors (Lipinski definition) is 4. The van der Waals surface area contributed by atoms with E-state index in [4.69, 9.17) is 0 Å². The van der Waals surface area contributed by atoms with E-state index in [0.717, 1.165) is 11.0 Å². The van der Waals surface area contributed by atoms with E-state index in [2.05, 4.69) is 11.3 Å². The second-order valence-electron chi connectivity index (χ2n) is 2.30. The number of carbonyl (C=O) groups excluding carboxylic acids is 3. The maximum Gasteiger partial charge on any atom is 0.329 e. The Bertz CT molecular complexity index is 275. The maximum absolute atomic E-state index is 10.4. The van der Waals surface area contributed by atoms with Crippen molar-refractivity contribution in [3.05, 3.63) is 24.8 Å². The minimum absolute atomic E-state index is 0.241. The van der Waals surface area contributed by atoms with Gasteiger partial charge in [0.15, 0.2) is 0 Å². The summed E-state index contributed by atoms with van der Waals surface area (Å²) in [6, 6.07) is 0. The molecular weight excluding hydrogens is 186 g/mol. The Morgan fingerprint density at radius 3 is 1.93 bits per heavy atom. The van der Waals surface area contributed by atoms with E-state index < -0.39 is 5.97 Å². The molecule has 0 aromatic rings. The van der Waals surface area contributed by atoms with Crippen LogP contribution in [0, 0.1) is 0 Å². The molecule has 0 saturated heterocycles. The number of ether oxygens (including phenoxy) is 1. The van der Waals surface area contributed by atoms with Gasteiger partial charge in [0.25, 0.3) is 11.8 Å². The van der Waals surface area contributed by atoms with Crippen LogP contribution in [-0.2, 0) is 19.1 Å². The zero-order valence-electron chi connectivity index (χ0n) is 8.02. The number of esters is 1. The first-order valence-electron chi connectivity index (χ1n) is 3.73. The molecule has 0 aliphatic carbocycles. The molecule has 1 aliphatic heterocycles. The molecule has 0 unspecified atom stereocenters. The second-order valence-corrected chi connectivity index (χ2v) is 2.30. The number of hydrogen-bond donors (Lipinski definition) is 0. The second kappa shape index (κ2) is 5.69. The summed E-state index contributed by atoms with van der Waals surface area (Å²) >= 11 is 0. The lowest BCUT2D eigenvalue weighted by atomic mass is 10.6. The van der Waals surface area contributed by atoms with Crippen LogP contribution in [-0.4, -0.2) is 36.8 Å². The lowest BCUT2D eigenvalue weighted by Crippen LogP contribution is -2.24. The van der Waals surface area contributed by atoms with Crippen molar-refractivity contribution in [2.24, 2.45) is 0 Å². The average Bonchev–Trinajstić information content (AvgIpc) is 2.49. The Morgan fingerprint density at radius 1 is 1.43 bits per heavy atom. The van der Waals surface area contributed by atoms with Crippen LogP contribution in [0.15, 0.2) is 24.8 Å². The fraction of sp³-hybridized carbons (Fsp3) is 0.222. The topological polar surface area (TPSA) is 63.7 Å². The molecule has 0 radical (unpaired) electrons. The first-order chi connectivity index (χ1) is 6.52. The SMILES string of the molecule is C=CC(=O)OC.CN1C(=O)C=CC1=O. The quantitative estimate of drug-likeness (QED) is 0.334. The molecule has 0 bridgehead atoms. The highest BCUT2D eigenvalue weighted by Gasteiger charge is 2.17. The number of methoxy groups -OCH3 is 1. The van der Waals surface area contributed by atoms with Crippen molar-refractivity contribution in [2.75, 3.05) is 14.2 Å². The van der Waals surface area contributed by atoms with E-state index in [9.17, 15) is 14.4 Å². The number of imide groups is 1. The van der Waals surface area contributed by atoms with E-state index in [0.29, 0.717) is 0 Å². The first kappa shape index (κ1) is 12.1. The minimum Gasteiger partial charge on any atom is -0.466 e. The highest BCUT2D eigenvalue weighted by Crippen LogP contribution is 1.97. The standard InChI is InChI=1S/C5H5NO2.C4H6O2/c1-6-4(7)2-3-5(6)8;1-3-4(5)6-2/h2-3H,1H3;3H,1H2,2H3. The molecule has 1 rings (SSSR count). The summed E-state index contributed by atoms with van der Waals surface area (Å²) < 4.78 is 4.14. The fourth-order valence-corrected chi connectivity index (χ4v) is 0.558. The molecule has 0 N–H and O–H groups in total. The molecule has 0 spiro atoms. The molecule has 0 atom stereocenters. The van der Waals surface area contributed by atoms with Crippen molar-refractivity contribution in [3.8, 4) is 0 Å². The van der Waals surface area contributed by atoms with E-state index in [1.165, 1.54) is 26.3 Å². The zero-order chi connectivity index (χ0) is 11.1. The third-order valence-electron chi connectivity index (χ3n) is 1.40. The van der Waals surface area contributed by atoms with Gasteiger partial charge in [0.1, 0.15) is 0 Å². The van der Waals surface area contributed by atoms with E-state index in [1.807, 2.05) is 0 Å². The van der Waals surface area contributed by atoms with Crippen molar-refractivity contribution in [1.82, 2.24) is 4.90 Å². The lowest BCUT2D eigenvalue weighted by Gasteiger charge is -2.01. The largest absolute Gasteiger partial charge is 0.466 e. The summed E-state index contributed by atoms with van der Waals surface area (Å²) in [5.74, 6) is -0.875. The van der Waals surface area contributed by atoms with Gasteiger partial charge in [0.2, 0.25) is 0 Å². The summed E-state index contributed by atoms with van der Waals surface area (Å²) in [7, 11) is 2.76. The minimum atomic E-state index is -0.394. The van der Waals surface area contributed by atoms with Gasteiger partial charge in [-0.05, 0) is 0 Å². The number of likely N-dealkylation sites (N-methyl/N-ethyl adjacent to an activating group) is 1. The van der Waals surface area contributed by atoms with Crippen LogP contribution >= 0.6 is 0 Å². The molecule has 0 aromatic heterocycles. The third kappa shape index (κ3) is 3.66. The van der Waals surface area contributed by atoms with Crippen molar-refractivity contribution < 1.29 is 19.1 Å². The van der Waals surface area contributed by atoms with Crippen LogP contribution in [0.3, 0.4) is 0 Å². The normalized spacial score (nSPS) is 13.4. The zero-order valence-corrected chi connectivity index (χ0v) is 8.02. The van der Waals surface area contributed by atoms with Gasteiger partial charge in [-0.15, -0.1) is 0 Å². The predicted octanol–water partition coefficient (Wildman–Crippen LogP) is -0.113. The molecule has 1 heterocycles. The Balaban J connectivity index is 0.000000255. The average molecular weight is 197 g/mol. The molecule has 5 nitrogen and oxygen atoms in total. The Hall–Kier alpha value is -1.91. The van der Waals surface area contributed by atoms with Gasteiger partial charge in [-0.2, -0.15) is 0 Å². The van der Waals surface area contributed by atoms with Crippen molar-refractivity contribution in [1.29, 1.82) is 0 Å². The van der Waals surface area contributed by atoms with E-state index in [-0.39, 0.29) is 11.8 Å². The van der Waals surface area contributed by atoms with Gasteiger partial charge in [-0.25, -0.2) is 4.79 Å². The van der Waals surface area contributed by atoms with Crippen molar-refractivity contribution in [2.45, 2.75) is 0 Å². The third-order valence-corrected chi connectivity index (χ3v) is 1.40. The van der Waals surface area contributed by atoms with Gasteiger partial charge >= 0.3 is 5.97 Å². The monoisotopic (exact) mass is 197 g/mol. The van der Waals surface area contributed by atoms with Gasteiger partial charge < -0.3 is 4.74 Å². The first-order valence-corrected chi connectivity index (χ1v) is 3.73. The Labute approximate surface area is 81.6 Å². The van der Waals surface area contributed by atoms with Crippen LogP contribution in [0.1, 0.15) is 0 Å². The Morgan fingerprint density at radius 2 is 1.86 bits per heavy atom. The molecule has 14 heavy (non-hydrogen) atoms. The molecule has 5 heteroatoms. The fourth-order valence-electron chi connectivity index (χ4n) is 0.558. The molecule has 0 aromatic carbocycles. The maximum atomic E-state index is 10.4. The molecule has 0 saturated carbocycles. The summed E-state index contributed by atoms with van der Waals surface area (Å²) in [5.41, 5.74) is 0. The summed E-state index contributed by atoms with van der Waals surface area (Å²) in [4.78, 5) is 31.7. The van der Waals surface area contributed by atoms with Crippen LogP contribution in [0.25, 0.3) is 0 Å².